The Kier molecular flexibility index (Phi) is 11.4. The molecule has 18 nitrogen and oxygen atoms in total. The number of aromatic nitrogens is 2. The summed E-state index contributed by atoms with van der Waals surface area (Å²) in [7, 11) is 0. The van der Waals surface area contributed by atoms with E-state index in [-0.39, 0.29) is 52.7 Å². The first kappa shape index (κ1) is 39.9. The molecule has 2 amide bonds. The van der Waals surface area contributed by atoms with E-state index in [9.17, 15) is 49.2 Å². The number of likely N-dealkylation sites (tertiary alicyclic amines) is 1. The summed E-state index contributed by atoms with van der Waals surface area (Å²) in [4.78, 5) is 86.8. The smallest absolute Gasteiger partial charge is 0.352 e. The number of amides is 2. The van der Waals surface area contributed by atoms with Crippen molar-refractivity contribution >= 4 is 75.2 Å². The number of quaternary nitrogens is 1. The number of carboxylic acid groups (broad SMARTS) is 3. The number of hydrogen-bond acceptors (Lipinski definition) is 13. The predicted octanol–water partition coefficient (Wildman–Crippen LogP) is 1.21. The normalized spacial score (nSPS) is 22.5. The third-order valence-corrected chi connectivity index (χ3v) is 12.5. The zero-order chi connectivity index (χ0) is 39.9. The van der Waals surface area contributed by atoms with Gasteiger partial charge in [0, 0.05) is 54.4 Å². The Labute approximate surface area is 325 Å². The fraction of sp³-hybridized carbons (Fsp3) is 0.471. The number of fused-ring (bicyclic) bond motifs is 2. The lowest BCUT2D eigenvalue weighted by Gasteiger charge is -2.50. The molecule has 21 heteroatoms. The van der Waals surface area contributed by atoms with Crippen LogP contribution in [-0.2, 0) is 48.3 Å². The number of halogens is 1. The number of carbonyl (C=O) groups excluding carboxylic acids is 2. The van der Waals surface area contributed by atoms with Crippen LogP contribution in [-0.4, -0.2) is 129 Å². The maximum atomic E-state index is 13.9. The molecule has 4 atom stereocenters. The van der Waals surface area contributed by atoms with Crippen molar-refractivity contribution in [2.75, 3.05) is 25.4 Å². The van der Waals surface area contributed by atoms with Crippen LogP contribution in [0.5, 0.6) is 0 Å². The number of thioether (sulfide) groups is 1. The Morgan fingerprint density at radius 1 is 1.16 bits per heavy atom. The third-order valence-electron chi connectivity index (χ3n) is 10.0. The monoisotopic (exact) mass is 821 g/mol. The van der Waals surface area contributed by atoms with Crippen LogP contribution in [0.2, 0.25) is 0 Å². The van der Waals surface area contributed by atoms with E-state index in [4.69, 9.17) is 21.5 Å². The molecule has 0 aromatic carbocycles. The standard InChI is InChI=1S/C34H37ClN6O12S2/c1-3-39-10-16(28(45)23-19(39)8-20(42)29(46)24(23)35)11-41(6-4-5-7-41)12-17-13-55-32-26(31(48)40(32)27(17)34(51)52)37-30(47)25(18-14-54-15(2)36-18)38-53-21(33(49)50)9-22(43)44/h10,14,20-21,26,32,42H,3-9,11-13H2,1-2H3,(H4-,37,43,44,46,47,49,50,51,52)/p+1/b38-25-/t20?,21-,26+,32+/m0/s1. The number of carbonyl (C=O) groups is 5. The van der Waals surface area contributed by atoms with E-state index >= 15 is 0 Å². The number of pyridine rings is 1. The van der Waals surface area contributed by atoms with Crippen LogP contribution in [0, 0.1) is 6.92 Å². The molecule has 0 saturated carbocycles. The Hall–Kier alpha value is -4.76. The highest BCUT2D eigenvalue weighted by Gasteiger charge is 2.55. The predicted molar refractivity (Wildman–Crippen MR) is 197 cm³/mol. The second-order valence-electron chi connectivity index (χ2n) is 13.7. The molecule has 6 N–H and O–H groups in total. The van der Waals surface area contributed by atoms with Crippen LogP contribution in [0.3, 0.4) is 0 Å². The highest BCUT2D eigenvalue weighted by atomic mass is 35.5. The number of carboxylic acids is 3. The molecule has 0 radical (unpaired) electrons. The average molecular weight is 822 g/mol. The molecule has 2 aromatic heterocycles. The molecule has 5 heterocycles. The summed E-state index contributed by atoms with van der Waals surface area (Å²) in [6.45, 7) is 5.69. The van der Waals surface area contributed by atoms with Gasteiger partial charge in [0.1, 0.15) is 47.8 Å². The number of aryl methyl sites for hydroxylation is 2. The zero-order valence-electron chi connectivity index (χ0n) is 29.6. The minimum Gasteiger partial charge on any atom is -0.508 e. The number of aliphatic hydroxyl groups is 2. The van der Waals surface area contributed by atoms with E-state index in [0.29, 0.717) is 46.0 Å². The zero-order valence-corrected chi connectivity index (χ0v) is 31.9. The fourth-order valence-electron chi connectivity index (χ4n) is 7.43. The second kappa shape index (κ2) is 15.8. The van der Waals surface area contributed by atoms with Crippen molar-refractivity contribution in [1.82, 2.24) is 19.8 Å². The van der Waals surface area contributed by atoms with Crippen molar-refractivity contribution in [2.45, 2.75) is 76.2 Å². The molecular formula is C34H38ClN6O12S2+. The third kappa shape index (κ3) is 7.73. The van der Waals surface area contributed by atoms with Crippen molar-refractivity contribution in [3.63, 3.8) is 0 Å². The number of nitrogens with zero attached hydrogens (tertiary/aromatic N) is 5. The molecule has 55 heavy (non-hydrogen) atoms. The highest BCUT2D eigenvalue weighted by molar-refractivity contribution is 8.00. The van der Waals surface area contributed by atoms with Crippen LogP contribution in [0.4, 0.5) is 0 Å². The van der Waals surface area contributed by atoms with E-state index in [0.717, 1.165) is 29.1 Å². The van der Waals surface area contributed by atoms with Gasteiger partial charge in [0.25, 0.3) is 11.8 Å². The first-order chi connectivity index (χ1) is 26.1. The number of aliphatic hydroxyl groups excluding tert-OH is 2. The van der Waals surface area contributed by atoms with Gasteiger partial charge < -0.3 is 44.7 Å². The van der Waals surface area contributed by atoms with Gasteiger partial charge in [-0.1, -0.05) is 16.8 Å². The maximum absolute atomic E-state index is 13.9. The number of β-lactam (4-membered cyclic amide) rings is 1. The maximum Gasteiger partial charge on any atom is 0.352 e. The van der Waals surface area contributed by atoms with Gasteiger partial charge in [0.2, 0.25) is 6.10 Å². The number of aliphatic carboxylic acids is 3. The summed E-state index contributed by atoms with van der Waals surface area (Å²) >= 11 is 8.81. The molecule has 0 bridgehead atoms. The molecule has 2 aromatic rings. The summed E-state index contributed by atoms with van der Waals surface area (Å²) in [6, 6.07) is -1.20. The molecule has 6 rings (SSSR count). The molecule has 0 spiro atoms. The quantitative estimate of drug-likeness (QED) is 0.0678. The van der Waals surface area contributed by atoms with E-state index in [2.05, 4.69) is 15.5 Å². The molecule has 1 unspecified atom stereocenters. The van der Waals surface area contributed by atoms with Crippen molar-refractivity contribution in [3.8, 4) is 0 Å². The largest absolute Gasteiger partial charge is 0.508 e. The van der Waals surface area contributed by atoms with Crippen molar-refractivity contribution in [2.24, 2.45) is 5.16 Å². The summed E-state index contributed by atoms with van der Waals surface area (Å²) in [5.74, 6) is -6.40. The van der Waals surface area contributed by atoms with Crippen LogP contribution in [0.25, 0.3) is 5.03 Å². The Balaban J connectivity index is 1.25. The van der Waals surface area contributed by atoms with Crippen LogP contribution < -0.4 is 10.7 Å². The number of hydrogen-bond donors (Lipinski definition) is 6. The molecular weight excluding hydrogens is 784 g/mol. The van der Waals surface area contributed by atoms with Crippen molar-refractivity contribution < 1.29 is 58.8 Å². The Morgan fingerprint density at radius 3 is 2.47 bits per heavy atom. The van der Waals surface area contributed by atoms with Gasteiger partial charge in [0.15, 0.2) is 11.1 Å². The highest BCUT2D eigenvalue weighted by Crippen LogP contribution is 2.42. The molecule has 2 saturated heterocycles. The van der Waals surface area contributed by atoms with Crippen molar-refractivity contribution in [3.05, 3.63) is 66.4 Å². The second-order valence-corrected chi connectivity index (χ2v) is 16.2. The Bertz CT molecular complexity index is 2120. The van der Waals surface area contributed by atoms with Crippen LogP contribution in [0.15, 0.2) is 38.6 Å². The average Bonchev–Trinajstić information content (AvgIpc) is 3.78. The van der Waals surface area contributed by atoms with E-state index < -0.39 is 71.2 Å². The van der Waals surface area contributed by atoms with E-state index in [1.807, 2.05) is 11.5 Å². The lowest BCUT2D eigenvalue weighted by molar-refractivity contribution is -0.925. The molecule has 4 aliphatic rings. The summed E-state index contributed by atoms with van der Waals surface area (Å²) in [5, 5.41) is 56.7. The summed E-state index contributed by atoms with van der Waals surface area (Å²) in [6.07, 6.45) is -0.724. The van der Waals surface area contributed by atoms with Gasteiger partial charge in [0.05, 0.1) is 40.7 Å². The number of rotatable bonds is 14. The van der Waals surface area contributed by atoms with Gasteiger partial charge in [-0.15, -0.1) is 23.1 Å². The minimum absolute atomic E-state index is 0.00951. The van der Waals surface area contributed by atoms with Crippen LogP contribution >= 0.6 is 34.7 Å². The lowest BCUT2D eigenvalue weighted by atomic mass is 9.96. The molecule has 3 aliphatic heterocycles. The first-order valence-corrected chi connectivity index (χ1v) is 19.6. The molecule has 1 aliphatic carbocycles. The van der Waals surface area contributed by atoms with Gasteiger partial charge in [-0.05, 0) is 13.8 Å². The van der Waals surface area contributed by atoms with E-state index in [1.165, 1.54) is 17.1 Å². The minimum atomic E-state index is -1.92. The van der Waals surface area contributed by atoms with Gasteiger partial charge in [-0.2, -0.15) is 0 Å². The van der Waals surface area contributed by atoms with Crippen molar-refractivity contribution in [1.29, 1.82) is 0 Å². The van der Waals surface area contributed by atoms with E-state index in [1.54, 1.807) is 13.1 Å². The lowest BCUT2D eigenvalue weighted by Crippen LogP contribution is -2.71. The summed E-state index contributed by atoms with van der Waals surface area (Å²) in [5.41, 5.74) is 0.437. The van der Waals surface area contributed by atoms with Gasteiger partial charge in [-0.25, -0.2) is 14.6 Å². The van der Waals surface area contributed by atoms with Gasteiger partial charge >= 0.3 is 17.9 Å². The molecule has 294 valence electrons. The molecule has 2 fully saturated rings. The number of thiazole rings is 1. The summed E-state index contributed by atoms with van der Waals surface area (Å²) < 4.78 is 2.16. The SMILES string of the molecule is CCn1cc(C[N+]2(CC3=C(C(=O)O)N4C(=O)[C@@H](NC(=O)/C(=N\O[C@@H](CC(=O)O)C(=O)O)c5csc(C)n5)[C@H]4SC3)CCCC2)c(=O)c2c1CC(O)C(O)=C2Cl. The fourth-order valence-corrected chi connectivity index (χ4v) is 9.69. The number of oxime groups is 1. The van der Waals surface area contributed by atoms with Crippen LogP contribution in [0.1, 0.15) is 53.7 Å². The van der Waals surface area contributed by atoms with Gasteiger partial charge in [-0.3, -0.25) is 24.1 Å². The number of nitrogens with one attached hydrogen (secondary N) is 1. The Morgan fingerprint density at radius 2 is 1.87 bits per heavy atom. The first-order valence-electron chi connectivity index (χ1n) is 17.2. The topological polar surface area (TPSA) is 258 Å².